The first kappa shape index (κ1) is 35.5. The van der Waals surface area contributed by atoms with Gasteiger partial charge >= 0.3 is 7.32 Å². The highest BCUT2D eigenvalue weighted by molar-refractivity contribution is 6.40. The largest absolute Gasteiger partial charge is 0.864 e. The van der Waals surface area contributed by atoms with Crippen LogP contribution in [0.2, 0.25) is 0 Å². The molecule has 7 aromatic rings. The maximum atomic E-state index is 15.7. The Kier molecular flexibility index (Phi) is 8.10. The van der Waals surface area contributed by atoms with Crippen molar-refractivity contribution in [3.8, 4) is 17.2 Å². The number of rotatable bonds is 6. The zero-order valence-electron chi connectivity index (χ0n) is 24.5. The number of halogens is 17. The molecule has 53 heavy (non-hydrogen) atoms. The predicted molar refractivity (Wildman–Crippen MR) is 147 cm³/mol. The lowest BCUT2D eigenvalue weighted by molar-refractivity contribution is 0.268. The van der Waals surface area contributed by atoms with Crippen LogP contribution in [0.4, 0.5) is 74.6 Å². The first-order chi connectivity index (χ1) is 24.9. The molecule has 0 atom stereocenters. The van der Waals surface area contributed by atoms with Crippen molar-refractivity contribution in [1.29, 1.82) is 0 Å². The molecule has 0 bridgehead atoms. The third kappa shape index (κ3) is 4.84. The molecular weight excluding hydrogens is 766 g/mol. The number of hydrogen-bond acceptors (Lipinski definition) is 3. The van der Waals surface area contributed by atoms with Gasteiger partial charge in [0.05, 0.1) is 21.5 Å². The monoisotopic (exact) mass is 770 g/mol. The summed E-state index contributed by atoms with van der Waals surface area (Å²) in [5.41, 5.74) is 0. The summed E-state index contributed by atoms with van der Waals surface area (Å²) in [6, 6.07) is 3.25. The first-order valence-corrected chi connectivity index (χ1v) is 13.9. The third-order valence-corrected chi connectivity index (χ3v) is 7.98. The molecule has 0 radical (unpaired) electrons. The molecule has 21 heteroatoms. The van der Waals surface area contributed by atoms with Crippen LogP contribution in [0.3, 0.4) is 0 Å². The second-order valence-corrected chi connectivity index (χ2v) is 10.8. The highest BCUT2D eigenvalue weighted by atomic mass is 19.2. The summed E-state index contributed by atoms with van der Waals surface area (Å²) in [5.74, 6) is -50.8. The Morgan fingerprint density at radius 3 is 1.25 bits per heavy atom. The van der Waals surface area contributed by atoms with Gasteiger partial charge in [0.1, 0.15) is 5.82 Å². The van der Waals surface area contributed by atoms with Gasteiger partial charge < -0.3 is 14.0 Å². The highest BCUT2D eigenvalue weighted by Gasteiger charge is 2.42. The van der Waals surface area contributed by atoms with E-state index >= 15 is 17.6 Å². The van der Waals surface area contributed by atoms with E-state index in [-0.39, 0.29) is 5.39 Å². The van der Waals surface area contributed by atoms with Crippen LogP contribution in [-0.4, -0.2) is 7.32 Å². The van der Waals surface area contributed by atoms with E-state index in [9.17, 15) is 57.1 Å². The molecule has 0 heterocycles. The number of fused-ring (bicyclic) bond motifs is 1. The fraction of sp³-hybridized carbons (Fsp3) is 0. The molecule has 0 fully saturated rings. The van der Waals surface area contributed by atoms with Crippen LogP contribution >= 0.6 is 0 Å². The van der Waals surface area contributed by atoms with Gasteiger partial charge in [-0.2, -0.15) is 17.6 Å². The summed E-state index contributed by atoms with van der Waals surface area (Å²) < 4.78 is 264. The van der Waals surface area contributed by atoms with Crippen molar-refractivity contribution in [1.82, 2.24) is 0 Å². The molecule has 0 aromatic heterocycles. The Bertz CT molecular complexity index is 2720. The normalized spacial score (nSPS) is 11.9. The van der Waals surface area contributed by atoms with Gasteiger partial charge in [0.25, 0.3) is 0 Å². The van der Waals surface area contributed by atoms with Gasteiger partial charge in [-0.3, -0.25) is 0 Å². The number of benzene rings is 7. The van der Waals surface area contributed by atoms with E-state index in [1.54, 1.807) is 0 Å². The van der Waals surface area contributed by atoms with E-state index in [4.69, 9.17) is 4.65 Å². The van der Waals surface area contributed by atoms with Gasteiger partial charge in [-0.25, -0.2) is 57.1 Å². The summed E-state index contributed by atoms with van der Waals surface area (Å²) in [5, 5.41) is -9.87. The maximum Gasteiger partial charge on any atom is 0.864 e. The molecule has 0 saturated heterocycles. The van der Waals surface area contributed by atoms with Crippen LogP contribution in [0.15, 0.2) is 24.3 Å². The topological polar surface area (TPSA) is 27.7 Å². The lowest BCUT2D eigenvalue weighted by atomic mass is 9.92. The Morgan fingerprint density at radius 1 is 0.283 bits per heavy atom. The summed E-state index contributed by atoms with van der Waals surface area (Å²) in [7, 11) is -3.69. The van der Waals surface area contributed by atoms with Gasteiger partial charge in [0.2, 0.25) is 34.9 Å². The maximum absolute atomic E-state index is 15.7. The average molecular weight is 770 g/mol. The number of hydrogen-bond donors (Lipinski definition) is 0. The average Bonchev–Trinajstić information content (AvgIpc) is 3.13. The SMILES string of the molecule is Fc1c(F)c(F)c(OB(Oc2c(F)c(F)c3c(F)c(F)c4c(F)ccc5ccc2c3c54)Oc2c(F)c(F)c(F)c3c(F)c(F)c(F)c(F)c23)c(F)c1F. The molecule has 7 rings (SSSR count). The van der Waals surface area contributed by atoms with Gasteiger partial charge in [0, 0.05) is 16.2 Å². The van der Waals surface area contributed by atoms with Crippen LogP contribution in [0.25, 0.3) is 43.1 Å². The van der Waals surface area contributed by atoms with Crippen LogP contribution in [0.1, 0.15) is 0 Å². The zero-order valence-corrected chi connectivity index (χ0v) is 24.5. The Labute approximate surface area is 279 Å². The van der Waals surface area contributed by atoms with Crippen molar-refractivity contribution in [2.75, 3.05) is 0 Å². The van der Waals surface area contributed by atoms with E-state index in [1.807, 2.05) is 0 Å². The molecule has 0 spiro atoms. The summed E-state index contributed by atoms with van der Waals surface area (Å²) >= 11 is 0. The Morgan fingerprint density at radius 2 is 0.642 bits per heavy atom. The van der Waals surface area contributed by atoms with Crippen molar-refractivity contribution >= 4 is 50.4 Å². The fourth-order valence-corrected chi connectivity index (χ4v) is 5.66. The van der Waals surface area contributed by atoms with Crippen LogP contribution < -0.4 is 14.0 Å². The molecule has 272 valence electrons. The van der Waals surface area contributed by atoms with E-state index in [1.165, 1.54) is 0 Å². The van der Waals surface area contributed by atoms with Crippen LogP contribution in [0, 0.1) is 98.9 Å². The summed E-state index contributed by atoms with van der Waals surface area (Å²) in [6.07, 6.45) is 0. The molecule has 3 nitrogen and oxygen atoms in total. The van der Waals surface area contributed by atoms with Crippen LogP contribution in [-0.2, 0) is 0 Å². The molecule has 0 aliphatic carbocycles. The zero-order chi connectivity index (χ0) is 38.7. The van der Waals surface area contributed by atoms with E-state index in [0.717, 1.165) is 12.1 Å². The molecule has 0 aliphatic rings. The standard InChI is InChI=1S/C32H4BF17O3/c34-7-4-2-5-1-3-6-9-8(5)10(7)14(35)15(36)11(9)18(39)26(47)30(6)51-33(53-32-28(49)24(45)23(44)25(46)29(32)50)52-31-13-12(17(38)22(43)27(31)48)16(37)20(41)21(42)19(13)40/h1-4H. The predicted octanol–water partition coefficient (Wildman–Crippen LogP) is 10.6. The van der Waals surface area contributed by atoms with Gasteiger partial charge in [-0.05, 0) is 17.5 Å². The van der Waals surface area contributed by atoms with Crippen molar-refractivity contribution < 1.29 is 88.6 Å². The minimum absolute atomic E-state index is 0.178. The van der Waals surface area contributed by atoms with Gasteiger partial charge in [-0.15, -0.1) is 0 Å². The molecular formula is C32H4BF17O3. The molecule has 0 saturated carbocycles. The Hall–Kier alpha value is -5.89. The fourth-order valence-electron chi connectivity index (χ4n) is 5.66. The van der Waals surface area contributed by atoms with E-state index < -0.39 is 161 Å². The molecule has 0 aliphatic heterocycles. The Balaban J connectivity index is 1.53. The molecule has 0 amide bonds. The first-order valence-electron chi connectivity index (χ1n) is 13.9. The van der Waals surface area contributed by atoms with Crippen molar-refractivity contribution in [3.05, 3.63) is 123 Å². The van der Waals surface area contributed by atoms with Crippen molar-refractivity contribution in [2.45, 2.75) is 0 Å². The molecule has 0 unspecified atom stereocenters. The highest BCUT2D eigenvalue weighted by Crippen LogP contribution is 2.46. The second kappa shape index (κ2) is 12.1. The smallest absolute Gasteiger partial charge is 0.486 e. The van der Waals surface area contributed by atoms with Gasteiger partial charge in [0.15, 0.2) is 75.4 Å². The minimum atomic E-state index is -3.69. The summed E-state index contributed by atoms with van der Waals surface area (Å²) in [6.45, 7) is 0. The third-order valence-electron chi connectivity index (χ3n) is 7.98. The van der Waals surface area contributed by atoms with E-state index in [0.29, 0.717) is 12.1 Å². The second-order valence-electron chi connectivity index (χ2n) is 10.8. The van der Waals surface area contributed by atoms with Crippen molar-refractivity contribution in [2.24, 2.45) is 0 Å². The van der Waals surface area contributed by atoms with E-state index in [2.05, 4.69) is 9.31 Å². The quantitative estimate of drug-likeness (QED) is 0.0554. The van der Waals surface area contributed by atoms with Crippen LogP contribution in [0.5, 0.6) is 17.2 Å². The lowest BCUT2D eigenvalue weighted by Gasteiger charge is -2.22. The lowest BCUT2D eigenvalue weighted by Crippen LogP contribution is -2.39. The molecule has 7 aromatic carbocycles. The van der Waals surface area contributed by atoms with Crippen molar-refractivity contribution in [3.63, 3.8) is 0 Å². The summed E-state index contributed by atoms with van der Waals surface area (Å²) in [4.78, 5) is 0. The molecule has 0 N–H and O–H groups in total. The minimum Gasteiger partial charge on any atom is -0.486 e. The van der Waals surface area contributed by atoms with Gasteiger partial charge in [-0.1, -0.05) is 12.1 Å².